The minimum Gasteiger partial charge on any atom is -0.136 e. The second-order valence-corrected chi connectivity index (χ2v) is 5.50. The Balaban J connectivity index is 2.39. The number of fused-ring (bicyclic) bond motifs is 3. The maximum atomic E-state index is 2.33. The third kappa shape index (κ3) is 1.34. The normalized spacial score (nSPS) is 19.5. The summed E-state index contributed by atoms with van der Waals surface area (Å²) >= 11 is 1.93. The highest BCUT2D eigenvalue weighted by Crippen LogP contribution is 2.41. The van der Waals surface area contributed by atoms with Crippen LogP contribution in [-0.2, 0) is 0 Å². The van der Waals surface area contributed by atoms with Crippen molar-refractivity contribution in [2.75, 3.05) is 0 Å². The zero-order valence-electron chi connectivity index (χ0n) is 9.08. The number of allylic oxidation sites excluding steroid dienone is 1. The van der Waals surface area contributed by atoms with Gasteiger partial charge >= 0.3 is 0 Å². The molecule has 1 aromatic carbocycles. The predicted octanol–water partition coefficient (Wildman–Crippen LogP) is 4.73. The van der Waals surface area contributed by atoms with Crippen molar-refractivity contribution in [3.05, 3.63) is 40.3 Å². The van der Waals surface area contributed by atoms with Crippen LogP contribution in [0.25, 0.3) is 16.2 Å². The fourth-order valence-electron chi connectivity index (χ4n) is 2.38. The largest absolute Gasteiger partial charge is 0.136 e. The minimum atomic E-state index is 0.681. The van der Waals surface area contributed by atoms with Gasteiger partial charge in [-0.05, 0) is 42.4 Å². The van der Waals surface area contributed by atoms with Crippen molar-refractivity contribution >= 4 is 27.5 Å². The van der Waals surface area contributed by atoms with Gasteiger partial charge in [-0.25, -0.2) is 0 Å². The standard InChI is InChI=1S/C14H14S/c1-9-6-7-12-11(8-9)14-10(2)4-3-5-13(14)15-12/h3,5-8,10H,4H2,1-2H3. The van der Waals surface area contributed by atoms with E-state index in [1.807, 2.05) is 11.3 Å². The van der Waals surface area contributed by atoms with Gasteiger partial charge in [0.05, 0.1) is 0 Å². The molecule has 3 rings (SSSR count). The topological polar surface area (TPSA) is 0 Å². The van der Waals surface area contributed by atoms with Crippen molar-refractivity contribution in [1.29, 1.82) is 0 Å². The van der Waals surface area contributed by atoms with Crippen molar-refractivity contribution in [1.82, 2.24) is 0 Å². The number of aryl methyl sites for hydroxylation is 1. The van der Waals surface area contributed by atoms with E-state index in [1.165, 1.54) is 26.9 Å². The van der Waals surface area contributed by atoms with Gasteiger partial charge in [-0.1, -0.05) is 30.7 Å². The van der Waals surface area contributed by atoms with E-state index in [1.54, 1.807) is 5.56 Å². The van der Waals surface area contributed by atoms with Gasteiger partial charge in [0, 0.05) is 9.58 Å². The van der Waals surface area contributed by atoms with Crippen LogP contribution in [0.15, 0.2) is 24.3 Å². The van der Waals surface area contributed by atoms with Crippen LogP contribution in [0, 0.1) is 6.92 Å². The van der Waals surface area contributed by atoms with E-state index in [4.69, 9.17) is 0 Å². The van der Waals surface area contributed by atoms with Crippen molar-refractivity contribution in [2.24, 2.45) is 0 Å². The molecule has 1 unspecified atom stereocenters. The van der Waals surface area contributed by atoms with Crippen LogP contribution in [-0.4, -0.2) is 0 Å². The van der Waals surface area contributed by atoms with Crippen molar-refractivity contribution in [3.8, 4) is 0 Å². The molecule has 0 saturated heterocycles. The van der Waals surface area contributed by atoms with Gasteiger partial charge < -0.3 is 0 Å². The van der Waals surface area contributed by atoms with Gasteiger partial charge in [0.1, 0.15) is 0 Å². The maximum absolute atomic E-state index is 2.33. The molecule has 1 heterocycles. The summed E-state index contributed by atoms with van der Waals surface area (Å²) < 4.78 is 1.43. The average Bonchev–Trinajstić information content (AvgIpc) is 2.57. The number of thiophene rings is 1. The summed E-state index contributed by atoms with van der Waals surface area (Å²) in [6.07, 6.45) is 5.78. The number of hydrogen-bond acceptors (Lipinski definition) is 1. The van der Waals surface area contributed by atoms with Crippen LogP contribution in [0.5, 0.6) is 0 Å². The molecule has 15 heavy (non-hydrogen) atoms. The highest BCUT2D eigenvalue weighted by molar-refractivity contribution is 7.20. The Morgan fingerprint density at radius 2 is 2.20 bits per heavy atom. The lowest BCUT2D eigenvalue weighted by molar-refractivity contribution is 0.783. The molecule has 0 bridgehead atoms. The molecule has 0 amide bonds. The molecule has 0 aliphatic heterocycles. The molecule has 2 aromatic rings. The summed E-state index contributed by atoms with van der Waals surface area (Å²) in [4.78, 5) is 1.47. The second-order valence-electron chi connectivity index (χ2n) is 4.42. The van der Waals surface area contributed by atoms with Crippen LogP contribution in [0.2, 0.25) is 0 Å². The molecular weight excluding hydrogens is 200 g/mol. The van der Waals surface area contributed by atoms with E-state index in [-0.39, 0.29) is 0 Å². The lowest BCUT2D eigenvalue weighted by Gasteiger charge is -2.14. The summed E-state index contributed by atoms with van der Waals surface area (Å²) in [5, 5.41) is 1.48. The Labute approximate surface area is 94.2 Å². The van der Waals surface area contributed by atoms with E-state index in [0.29, 0.717) is 5.92 Å². The highest BCUT2D eigenvalue weighted by Gasteiger charge is 2.18. The molecule has 76 valence electrons. The van der Waals surface area contributed by atoms with Gasteiger partial charge in [-0.2, -0.15) is 0 Å². The first-order chi connectivity index (χ1) is 7.25. The van der Waals surface area contributed by atoms with E-state index < -0.39 is 0 Å². The molecular formula is C14H14S. The third-order valence-corrected chi connectivity index (χ3v) is 4.31. The lowest BCUT2D eigenvalue weighted by Crippen LogP contribution is -1.96. The van der Waals surface area contributed by atoms with Crippen LogP contribution in [0.1, 0.15) is 35.3 Å². The average molecular weight is 214 g/mol. The summed E-state index contributed by atoms with van der Waals surface area (Å²) in [6.45, 7) is 4.50. The summed E-state index contributed by atoms with van der Waals surface area (Å²) in [7, 11) is 0. The summed E-state index contributed by atoms with van der Waals surface area (Å²) in [5.74, 6) is 0.681. The molecule has 1 aliphatic rings. The Morgan fingerprint density at radius 3 is 3.07 bits per heavy atom. The molecule has 1 aliphatic carbocycles. The summed E-state index contributed by atoms with van der Waals surface area (Å²) in [6, 6.07) is 6.80. The fraction of sp³-hybridized carbons (Fsp3) is 0.286. The maximum Gasteiger partial charge on any atom is 0.0352 e. The Morgan fingerprint density at radius 1 is 1.33 bits per heavy atom. The number of benzene rings is 1. The molecule has 0 nitrogen and oxygen atoms in total. The van der Waals surface area contributed by atoms with E-state index >= 15 is 0 Å². The van der Waals surface area contributed by atoms with E-state index in [2.05, 4.69) is 44.2 Å². The first-order valence-corrected chi connectivity index (χ1v) is 6.27. The fourth-order valence-corrected chi connectivity index (χ4v) is 3.62. The molecule has 0 radical (unpaired) electrons. The van der Waals surface area contributed by atoms with Gasteiger partial charge in [0.2, 0.25) is 0 Å². The first-order valence-electron chi connectivity index (χ1n) is 5.45. The first kappa shape index (κ1) is 9.17. The zero-order chi connectivity index (χ0) is 10.4. The third-order valence-electron chi connectivity index (χ3n) is 3.16. The van der Waals surface area contributed by atoms with Crippen LogP contribution in [0.3, 0.4) is 0 Å². The van der Waals surface area contributed by atoms with Crippen LogP contribution in [0.4, 0.5) is 0 Å². The van der Waals surface area contributed by atoms with E-state index in [0.717, 1.165) is 0 Å². The zero-order valence-corrected chi connectivity index (χ0v) is 9.90. The van der Waals surface area contributed by atoms with Crippen molar-refractivity contribution in [3.63, 3.8) is 0 Å². The van der Waals surface area contributed by atoms with Gasteiger partial charge in [0.15, 0.2) is 0 Å². The minimum absolute atomic E-state index is 0.681. The monoisotopic (exact) mass is 214 g/mol. The molecule has 1 heteroatoms. The summed E-state index contributed by atoms with van der Waals surface area (Å²) in [5.41, 5.74) is 2.94. The van der Waals surface area contributed by atoms with Gasteiger partial charge in [-0.15, -0.1) is 11.3 Å². The predicted molar refractivity (Wildman–Crippen MR) is 68.6 cm³/mol. The Kier molecular flexibility index (Phi) is 1.96. The quantitative estimate of drug-likeness (QED) is 0.594. The van der Waals surface area contributed by atoms with Crippen molar-refractivity contribution in [2.45, 2.75) is 26.2 Å². The highest BCUT2D eigenvalue weighted by atomic mass is 32.1. The molecule has 0 fully saturated rings. The molecule has 0 saturated carbocycles. The lowest BCUT2D eigenvalue weighted by atomic mass is 9.91. The smallest absolute Gasteiger partial charge is 0.0352 e. The molecule has 0 spiro atoms. The molecule has 1 atom stereocenters. The van der Waals surface area contributed by atoms with Gasteiger partial charge in [-0.3, -0.25) is 0 Å². The Hall–Kier alpha value is -1.08. The number of rotatable bonds is 0. The van der Waals surface area contributed by atoms with Crippen LogP contribution >= 0.6 is 11.3 Å². The molecule has 0 N–H and O–H groups in total. The SMILES string of the molecule is Cc1ccc2sc3c(c2c1)C(C)CC=C3. The van der Waals surface area contributed by atoms with E-state index in [9.17, 15) is 0 Å². The van der Waals surface area contributed by atoms with Gasteiger partial charge in [0.25, 0.3) is 0 Å². The molecule has 1 aromatic heterocycles. The Bertz CT molecular complexity index is 546. The second kappa shape index (κ2) is 3.21. The van der Waals surface area contributed by atoms with Crippen LogP contribution < -0.4 is 0 Å². The number of hydrogen-bond donors (Lipinski definition) is 0. The van der Waals surface area contributed by atoms with Crippen molar-refractivity contribution < 1.29 is 0 Å².